The number of ether oxygens (including phenoxy) is 1. The summed E-state index contributed by atoms with van der Waals surface area (Å²) in [6.45, 7) is 1.85. The Hall–Kier alpha value is -2.04. The van der Waals surface area contributed by atoms with Crippen LogP contribution in [0.3, 0.4) is 0 Å². The lowest BCUT2D eigenvalue weighted by molar-refractivity contribution is -0.139. The maximum absolute atomic E-state index is 13.3. The number of hydrogen-bond acceptors (Lipinski definition) is 5. The Morgan fingerprint density at radius 3 is 2.72 bits per heavy atom. The van der Waals surface area contributed by atoms with Crippen LogP contribution >= 0.6 is 0 Å². The van der Waals surface area contributed by atoms with Crippen molar-refractivity contribution in [3.63, 3.8) is 0 Å². The second-order valence-corrected chi connectivity index (χ2v) is 7.35. The van der Waals surface area contributed by atoms with Crippen molar-refractivity contribution in [1.82, 2.24) is 14.9 Å². The highest BCUT2D eigenvalue weighted by Crippen LogP contribution is 2.25. The molecule has 1 atom stereocenters. The highest BCUT2D eigenvalue weighted by Gasteiger charge is 2.35. The van der Waals surface area contributed by atoms with E-state index in [1.54, 1.807) is 0 Å². The molecule has 0 unspecified atom stereocenters. The van der Waals surface area contributed by atoms with Gasteiger partial charge in [0.25, 0.3) is 0 Å². The van der Waals surface area contributed by atoms with E-state index >= 15 is 0 Å². The van der Waals surface area contributed by atoms with Gasteiger partial charge in [-0.3, -0.25) is 9.59 Å². The lowest BCUT2D eigenvalue weighted by Crippen LogP contribution is -2.53. The SMILES string of the molecule is CNC(=O)C(=O)NC[C@H]1OCCCN1S(=O)(=O)c1ccc(F)cc1C. The first kappa shape index (κ1) is 19.3. The maximum atomic E-state index is 13.3. The fraction of sp³-hybridized carbons (Fsp3) is 0.467. The Kier molecular flexibility index (Phi) is 6.09. The van der Waals surface area contributed by atoms with E-state index in [4.69, 9.17) is 4.74 Å². The summed E-state index contributed by atoms with van der Waals surface area (Å²) in [7, 11) is -2.63. The molecule has 0 spiro atoms. The zero-order chi connectivity index (χ0) is 18.6. The molecule has 1 aromatic carbocycles. The summed E-state index contributed by atoms with van der Waals surface area (Å²) >= 11 is 0. The first-order chi connectivity index (χ1) is 11.8. The van der Waals surface area contributed by atoms with E-state index in [0.29, 0.717) is 13.0 Å². The molecular weight excluding hydrogens is 353 g/mol. The average Bonchev–Trinajstić information content (AvgIpc) is 2.58. The van der Waals surface area contributed by atoms with Gasteiger partial charge in [0, 0.05) is 13.6 Å². The Morgan fingerprint density at radius 1 is 1.36 bits per heavy atom. The number of likely N-dealkylation sites (N-methyl/N-ethyl adjacent to an activating group) is 1. The summed E-state index contributed by atoms with van der Waals surface area (Å²) in [5.74, 6) is -2.24. The fourth-order valence-electron chi connectivity index (χ4n) is 2.50. The van der Waals surface area contributed by atoms with Crippen LogP contribution in [0.2, 0.25) is 0 Å². The Bertz CT molecular complexity index is 768. The number of carbonyl (C=O) groups is 2. The molecule has 2 N–H and O–H groups in total. The first-order valence-corrected chi connectivity index (χ1v) is 9.11. The summed E-state index contributed by atoms with van der Waals surface area (Å²) in [6, 6.07) is 3.42. The molecule has 0 radical (unpaired) electrons. The number of rotatable bonds is 4. The Balaban J connectivity index is 2.21. The van der Waals surface area contributed by atoms with Crippen LogP contribution < -0.4 is 10.6 Å². The molecule has 1 heterocycles. The molecule has 1 saturated heterocycles. The number of amides is 2. The minimum atomic E-state index is -3.94. The topological polar surface area (TPSA) is 105 Å². The van der Waals surface area contributed by atoms with E-state index in [1.807, 2.05) is 0 Å². The number of sulfonamides is 1. The molecule has 0 saturated carbocycles. The monoisotopic (exact) mass is 373 g/mol. The van der Waals surface area contributed by atoms with Crippen LogP contribution in [0.1, 0.15) is 12.0 Å². The van der Waals surface area contributed by atoms with Crippen molar-refractivity contribution < 1.29 is 27.1 Å². The standard InChI is InChI=1S/C15H20FN3O5S/c1-10-8-11(16)4-5-12(10)25(22,23)19-6-3-7-24-13(19)9-18-15(21)14(20)17-2/h4-5,8,13H,3,6-7,9H2,1-2H3,(H,17,20)(H,18,21)/t13-/m1/s1. The average molecular weight is 373 g/mol. The third-order valence-corrected chi connectivity index (χ3v) is 5.80. The number of nitrogens with one attached hydrogen (secondary N) is 2. The largest absolute Gasteiger partial charge is 0.360 e. The van der Waals surface area contributed by atoms with Gasteiger partial charge in [0.2, 0.25) is 10.0 Å². The highest BCUT2D eigenvalue weighted by molar-refractivity contribution is 7.89. The molecule has 2 rings (SSSR count). The minimum absolute atomic E-state index is 0.0259. The molecule has 138 valence electrons. The highest BCUT2D eigenvalue weighted by atomic mass is 32.2. The molecule has 10 heteroatoms. The minimum Gasteiger partial charge on any atom is -0.360 e. The van der Waals surface area contributed by atoms with Crippen LogP contribution in [0.4, 0.5) is 4.39 Å². The quantitative estimate of drug-likeness (QED) is 0.707. The van der Waals surface area contributed by atoms with Crippen molar-refractivity contribution in [2.45, 2.75) is 24.5 Å². The predicted octanol–water partition coefficient (Wildman–Crippen LogP) is -0.267. The van der Waals surface area contributed by atoms with E-state index in [9.17, 15) is 22.4 Å². The number of halogens is 1. The molecule has 0 aliphatic carbocycles. The third-order valence-electron chi connectivity index (χ3n) is 3.75. The normalized spacial score (nSPS) is 18.6. The van der Waals surface area contributed by atoms with E-state index in [2.05, 4.69) is 10.6 Å². The van der Waals surface area contributed by atoms with Crippen LogP contribution in [0.15, 0.2) is 23.1 Å². The van der Waals surface area contributed by atoms with Crippen LogP contribution in [-0.2, 0) is 24.3 Å². The number of nitrogens with zero attached hydrogens (tertiary/aromatic N) is 1. The van der Waals surface area contributed by atoms with Crippen molar-refractivity contribution in [2.75, 3.05) is 26.7 Å². The van der Waals surface area contributed by atoms with Gasteiger partial charge >= 0.3 is 11.8 Å². The van der Waals surface area contributed by atoms with Gasteiger partial charge in [0.1, 0.15) is 12.0 Å². The Morgan fingerprint density at radius 2 is 2.08 bits per heavy atom. The first-order valence-electron chi connectivity index (χ1n) is 7.67. The molecule has 8 nitrogen and oxygen atoms in total. The van der Waals surface area contributed by atoms with Gasteiger partial charge in [-0.2, -0.15) is 4.31 Å². The molecule has 2 amide bonds. The van der Waals surface area contributed by atoms with Crippen LogP contribution in [0.25, 0.3) is 0 Å². The molecule has 0 bridgehead atoms. The number of hydrogen-bond donors (Lipinski definition) is 2. The van der Waals surface area contributed by atoms with Crippen molar-refractivity contribution in [2.24, 2.45) is 0 Å². The third kappa shape index (κ3) is 4.33. The summed E-state index contributed by atoms with van der Waals surface area (Å²) in [4.78, 5) is 22.8. The van der Waals surface area contributed by atoms with Crippen molar-refractivity contribution >= 4 is 21.8 Å². The van der Waals surface area contributed by atoms with Gasteiger partial charge in [-0.1, -0.05) is 0 Å². The Labute approximate surface area is 145 Å². The van der Waals surface area contributed by atoms with Gasteiger partial charge in [-0.15, -0.1) is 0 Å². The number of carbonyl (C=O) groups excluding carboxylic acids is 2. The molecule has 1 aliphatic rings. The van der Waals surface area contributed by atoms with E-state index in [1.165, 1.54) is 20.0 Å². The number of aryl methyl sites for hydroxylation is 1. The van der Waals surface area contributed by atoms with Crippen molar-refractivity contribution in [1.29, 1.82) is 0 Å². The summed E-state index contributed by atoms with van der Waals surface area (Å²) in [6.07, 6.45) is -0.462. The predicted molar refractivity (Wildman–Crippen MR) is 86.5 cm³/mol. The van der Waals surface area contributed by atoms with E-state index in [0.717, 1.165) is 16.4 Å². The molecule has 25 heavy (non-hydrogen) atoms. The summed E-state index contributed by atoms with van der Waals surface area (Å²) in [5.41, 5.74) is 0.277. The van der Waals surface area contributed by atoms with Crippen LogP contribution in [0.5, 0.6) is 0 Å². The van der Waals surface area contributed by atoms with Crippen molar-refractivity contribution in [3.8, 4) is 0 Å². The summed E-state index contributed by atoms with van der Waals surface area (Å²) < 4.78 is 45.6. The lowest BCUT2D eigenvalue weighted by Gasteiger charge is -2.34. The molecule has 1 aliphatic heterocycles. The zero-order valence-corrected chi connectivity index (χ0v) is 14.7. The van der Waals surface area contributed by atoms with Gasteiger partial charge in [-0.25, -0.2) is 12.8 Å². The van der Waals surface area contributed by atoms with Crippen molar-refractivity contribution in [3.05, 3.63) is 29.6 Å². The number of benzene rings is 1. The maximum Gasteiger partial charge on any atom is 0.309 e. The van der Waals surface area contributed by atoms with Gasteiger partial charge in [0.05, 0.1) is 18.0 Å². The second kappa shape index (κ2) is 7.89. The summed E-state index contributed by atoms with van der Waals surface area (Å²) in [5, 5.41) is 4.51. The second-order valence-electron chi connectivity index (χ2n) is 5.49. The fourth-order valence-corrected chi connectivity index (χ4v) is 4.28. The van der Waals surface area contributed by atoms with Gasteiger partial charge in [-0.05, 0) is 37.1 Å². The van der Waals surface area contributed by atoms with Crippen LogP contribution in [-0.4, -0.2) is 57.5 Å². The molecule has 0 aromatic heterocycles. The van der Waals surface area contributed by atoms with Gasteiger partial charge < -0.3 is 15.4 Å². The molecule has 1 fully saturated rings. The zero-order valence-electron chi connectivity index (χ0n) is 13.9. The molecular formula is C15H20FN3O5S. The van der Waals surface area contributed by atoms with Gasteiger partial charge in [0.15, 0.2) is 0 Å². The molecule has 1 aromatic rings. The lowest BCUT2D eigenvalue weighted by atomic mass is 10.2. The smallest absolute Gasteiger partial charge is 0.309 e. The van der Waals surface area contributed by atoms with E-state index < -0.39 is 33.9 Å². The van der Waals surface area contributed by atoms with E-state index in [-0.39, 0.29) is 23.5 Å². The van der Waals surface area contributed by atoms with Crippen LogP contribution in [0, 0.1) is 12.7 Å².